The van der Waals surface area contributed by atoms with Gasteiger partial charge in [-0.15, -0.1) is 6.58 Å². The summed E-state index contributed by atoms with van der Waals surface area (Å²) in [5.74, 6) is -0.0302. The molecule has 19 heavy (non-hydrogen) atoms. The maximum atomic E-state index is 11.4. The van der Waals surface area contributed by atoms with Crippen LogP contribution in [-0.4, -0.2) is 12.5 Å². The predicted molar refractivity (Wildman–Crippen MR) is 84.0 cm³/mol. The topological polar surface area (TPSA) is 29.1 Å². The minimum atomic E-state index is -0.0302. The number of allylic oxidation sites excluding steroid dienone is 5. The molecule has 1 N–H and O–H groups in total. The van der Waals surface area contributed by atoms with Gasteiger partial charge in [0, 0.05) is 6.54 Å². The number of hydrogen-bond donors (Lipinski definition) is 1. The number of unbranched alkanes of at least 4 members (excludes halogenated alkanes) is 1. The summed E-state index contributed by atoms with van der Waals surface area (Å²) in [5.41, 5.74) is 2.67. The van der Waals surface area contributed by atoms with Gasteiger partial charge in [0.2, 0.25) is 5.91 Å². The van der Waals surface area contributed by atoms with E-state index in [2.05, 4.69) is 44.8 Å². The van der Waals surface area contributed by atoms with Gasteiger partial charge in [-0.25, -0.2) is 0 Å². The fourth-order valence-corrected chi connectivity index (χ4v) is 1.48. The van der Waals surface area contributed by atoms with Crippen molar-refractivity contribution in [3.05, 3.63) is 48.1 Å². The third-order valence-corrected chi connectivity index (χ3v) is 2.62. The van der Waals surface area contributed by atoms with Crippen LogP contribution in [0.3, 0.4) is 0 Å². The predicted octanol–water partition coefficient (Wildman–Crippen LogP) is 4.32. The van der Waals surface area contributed by atoms with Crippen LogP contribution >= 0.6 is 0 Å². The number of hydrogen-bond acceptors (Lipinski definition) is 1. The molecule has 0 bridgehead atoms. The van der Waals surface area contributed by atoms with Crippen molar-refractivity contribution in [1.29, 1.82) is 0 Å². The largest absolute Gasteiger partial charge is 0.349 e. The molecular weight excluding hydrogens is 234 g/mol. The van der Waals surface area contributed by atoms with Crippen LogP contribution in [0.25, 0.3) is 0 Å². The van der Waals surface area contributed by atoms with E-state index < -0.39 is 0 Å². The van der Waals surface area contributed by atoms with Gasteiger partial charge in [-0.05, 0) is 52.5 Å². The van der Waals surface area contributed by atoms with E-state index in [9.17, 15) is 4.79 Å². The minimum Gasteiger partial charge on any atom is -0.349 e. The molecule has 0 aliphatic rings. The summed E-state index contributed by atoms with van der Waals surface area (Å²) in [4.78, 5) is 11.4. The molecule has 0 saturated carbocycles. The second kappa shape index (κ2) is 11.5. The Hall–Kier alpha value is -1.57. The molecule has 0 aromatic rings. The number of carbonyl (C=O) groups excluding carboxylic acids is 1. The average molecular weight is 261 g/mol. The Labute approximate surface area is 118 Å². The van der Waals surface area contributed by atoms with E-state index in [-0.39, 0.29) is 5.91 Å². The summed E-state index contributed by atoms with van der Waals surface area (Å²) in [6.07, 6.45) is 13.5. The quantitative estimate of drug-likeness (QED) is 0.374. The maximum absolute atomic E-state index is 11.4. The van der Waals surface area contributed by atoms with Crippen LogP contribution in [0.2, 0.25) is 0 Å². The Kier molecular flexibility index (Phi) is 10.6. The zero-order valence-corrected chi connectivity index (χ0v) is 12.5. The highest BCUT2D eigenvalue weighted by atomic mass is 16.1. The van der Waals surface area contributed by atoms with E-state index in [1.807, 2.05) is 12.2 Å². The smallest absolute Gasteiger partial charge is 0.243 e. The SMILES string of the molecule is C=CCC/C=C/C(=O)NC/C=C(/C)CCC=C(C)C. The number of carbonyl (C=O) groups is 1. The molecule has 0 aromatic carbocycles. The van der Waals surface area contributed by atoms with Gasteiger partial charge in [0.15, 0.2) is 0 Å². The Bertz CT molecular complexity index is 357. The van der Waals surface area contributed by atoms with Gasteiger partial charge >= 0.3 is 0 Å². The number of amides is 1. The van der Waals surface area contributed by atoms with Crippen molar-refractivity contribution >= 4 is 5.91 Å². The maximum Gasteiger partial charge on any atom is 0.243 e. The molecule has 1 amide bonds. The molecule has 0 saturated heterocycles. The molecule has 0 aliphatic heterocycles. The summed E-state index contributed by atoms with van der Waals surface area (Å²) in [6.45, 7) is 10.6. The molecule has 0 fully saturated rings. The van der Waals surface area contributed by atoms with Gasteiger partial charge in [-0.1, -0.05) is 35.5 Å². The average Bonchev–Trinajstić information content (AvgIpc) is 2.34. The molecule has 0 unspecified atom stereocenters. The van der Waals surface area contributed by atoms with Crippen molar-refractivity contribution in [1.82, 2.24) is 5.32 Å². The van der Waals surface area contributed by atoms with E-state index in [0.29, 0.717) is 6.54 Å². The molecule has 0 radical (unpaired) electrons. The second-order valence-corrected chi connectivity index (χ2v) is 4.88. The summed E-state index contributed by atoms with van der Waals surface area (Å²) in [6, 6.07) is 0. The molecule has 2 heteroatoms. The minimum absolute atomic E-state index is 0.0302. The third-order valence-electron chi connectivity index (χ3n) is 2.62. The zero-order chi connectivity index (χ0) is 14.5. The van der Waals surface area contributed by atoms with Crippen LogP contribution in [0, 0.1) is 0 Å². The lowest BCUT2D eigenvalue weighted by Gasteiger charge is -2.01. The Morgan fingerprint density at radius 1 is 1.11 bits per heavy atom. The molecule has 0 heterocycles. The number of rotatable bonds is 9. The highest BCUT2D eigenvalue weighted by Crippen LogP contribution is 2.05. The first-order valence-corrected chi connectivity index (χ1v) is 6.90. The molecular formula is C17H27NO. The molecule has 0 aromatic heterocycles. The lowest BCUT2D eigenvalue weighted by atomic mass is 10.1. The second-order valence-electron chi connectivity index (χ2n) is 4.88. The molecule has 106 valence electrons. The van der Waals surface area contributed by atoms with Gasteiger partial charge in [0.05, 0.1) is 0 Å². The van der Waals surface area contributed by atoms with E-state index in [1.54, 1.807) is 6.08 Å². The van der Waals surface area contributed by atoms with Crippen LogP contribution in [0.4, 0.5) is 0 Å². The van der Waals surface area contributed by atoms with E-state index in [0.717, 1.165) is 25.7 Å². The first-order chi connectivity index (χ1) is 9.06. The van der Waals surface area contributed by atoms with Crippen LogP contribution in [0.5, 0.6) is 0 Å². The van der Waals surface area contributed by atoms with Crippen molar-refractivity contribution in [2.24, 2.45) is 0 Å². The first-order valence-electron chi connectivity index (χ1n) is 6.90. The third kappa shape index (κ3) is 12.7. The molecule has 2 nitrogen and oxygen atoms in total. The molecule has 0 atom stereocenters. The van der Waals surface area contributed by atoms with Crippen molar-refractivity contribution in [2.45, 2.75) is 46.5 Å². The van der Waals surface area contributed by atoms with Gasteiger partial charge < -0.3 is 5.32 Å². The van der Waals surface area contributed by atoms with E-state index in [4.69, 9.17) is 0 Å². The Morgan fingerprint density at radius 3 is 2.47 bits per heavy atom. The summed E-state index contributed by atoms with van der Waals surface area (Å²) in [5, 5.41) is 2.85. The summed E-state index contributed by atoms with van der Waals surface area (Å²) in [7, 11) is 0. The van der Waals surface area contributed by atoms with Gasteiger partial charge in [0.1, 0.15) is 0 Å². The summed E-state index contributed by atoms with van der Waals surface area (Å²) >= 11 is 0. The fourth-order valence-electron chi connectivity index (χ4n) is 1.48. The van der Waals surface area contributed by atoms with Crippen LogP contribution in [-0.2, 0) is 4.79 Å². The van der Waals surface area contributed by atoms with Crippen molar-refractivity contribution in [3.8, 4) is 0 Å². The standard InChI is InChI=1S/C17H27NO/c1-5-6-7-8-12-17(19)18-14-13-16(4)11-9-10-15(2)3/h5,8,10,12-13H,1,6-7,9,11,14H2,2-4H3,(H,18,19)/b12-8+,16-13-. The van der Waals surface area contributed by atoms with E-state index >= 15 is 0 Å². The van der Waals surface area contributed by atoms with Crippen LogP contribution in [0.15, 0.2) is 48.1 Å². The van der Waals surface area contributed by atoms with E-state index in [1.165, 1.54) is 11.1 Å². The van der Waals surface area contributed by atoms with Crippen molar-refractivity contribution in [2.75, 3.05) is 6.54 Å². The fraction of sp³-hybridized carbons (Fsp3) is 0.471. The number of nitrogens with one attached hydrogen (secondary N) is 1. The lowest BCUT2D eigenvalue weighted by Crippen LogP contribution is -2.20. The monoisotopic (exact) mass is 261 g/mol. The normalized spacial score (nSPS) is 11.4. The molecule has 0 spiro atoms. The van der Waals surface area contributed by atoms with Crippen LogP contribution in [0.1, 0.15) is 46.5 Å². The zero-order valence-electron chi connectivity index (χ0n) is 12.5. The summed E-state index contributed by atoms with van der Waals surface area (Å²) < 4.78 is 0. The Balaban J connectivity index is 3.80. The van der Waals surface area contributed by atoms with Gasteiger partial charge in [-0.3, -0.25) is 4.79 Å². The Morgan fingerprint density at radius 2 is 1.84 bits per heavy atom. The highest BCUT2D eigenvalue weighted by Gasteiger charge is 1.93. The van der Waals surface area contributed by atoms with Gasteiger partial charge in [-0.2, -0.15) is 0 Å². The first kappa shape index (κ1) is 17.4. The van der Waals surface area contributed by atoms with Gasteiger partial charge in [0.25, 0.3) is 0 Å². The lowest BCUT2D eigenvalue weighted by molar-refractivity contribution is -0.116. The highest BCUT2D eigenvalue weighted by molar-refractivity contribution is 5.87. The van der Waals surface area contributed by atoms with Crippen LogP contribution < -0.4 is 5.32 Å². The van der Waals surface area contributed by atoms with Crippen molar-refractivity contribution in [3.63, 3.8) is 0 Å². The van der Waals surface area contributed by atoms with Crippen molar-refractivity contribution < 1.29 is 4.79 Å². The molecule has 0 aliphatic carbocycles. The molecule has 0 rings (SSSR count).